The van der Waals surface area contributed by atoms with Gasteiger partial charge in [0, 0.05) is 22.9 Å². The van der Waals surface area contributed by atoms with Gasteiger partial charge >= 0.3 is 0 Å². The first-order valence-electron chi connectivity index (χ1n) is 9.36. The monoisotopic (exact) mass is 456 g/mol. The number of sulfonamides is 1. The zero-order chi connectivity index (χ0) is 21.3. The molecular weight excluding hydrogens is 428 g/mol. The number of thiophene rings is 1. The van der Waals surface area contributed by atoms with Gasteiger partial charge < -0.3 is 10.1 Å². The third-order valence-electron chi connectivity index (χ3n) is 4.06. The molecule has 0 aliphatic heterocycles. The molecule has 0 spiro atoms. The molecule has 160 valence electrons. The van der Waals surface area contributed by atoms with E-state index in [1.807, 2.05) is 25.3 Å². The van der Waals surface area contributed by atoms with Gasteiger partial charge in [-0.05, 0) is 48.1 Å². The van der Waals surface area contributed by atoms with Crippen LogP contribution >= 0.6 is 23.1 Å². The molecular formula is C20H28N2O4S3. The second kappa shape index (κ2) is 11.6. The van der Waals surface area contributed by atoms with Crippen LogP contribution in [-0.2, 0) is 20.6 Å². The lowest BCUT2D eigenvalue weighted by Crippen LogP contribution is -2.47. The summed E-state index contributed by atoms with van der Waals surface area (Å²) in [5.41, 5.74) is 0. The van der Waals surface area contributed by atoms with Crippen molar-refractivity contribution >= 4 is 39.0 Å². The van der Waals surface area contributed by atoms with Crippen LogP contribution in [0.15, 0.2) is 46.7 Å². The summed E-state index contributed by atoms with van der Waals surface area (Å²) >= 11 is 3.45. The number of benzene rings is 1. The Labute approximate surface area is 181 Å². The molecule has 2 aromatic rings. The quantitative estimate of drug-likeness (QED) is 0.478. The average molecular weight is 457 g/mol. The lowest BCUT2D eigenvalue weighted by atomic mass is 10.0. The van der Waals surface area contributed by atoms with E-state index in [-0.39, 0.29) is 16.7 Å². The number of thioether (sulfide) groups is 1. The van der Waals surface area contributed by atoms with Gasteiger partial charge in [-0.2, -0.15) is 16.5 Å². The van der Waals surface area contributed by atoms with Crippen LogP contribution in [0.2, 0.25) is 0 Å². The molecule has 1 amide bonds. The Balaban J connectivity index is 1.91. The first kappa shape index (κ1) is 23.7. The largest absolute Gasteiger partial charge is 0.497 e. The van der Waals surface area contributed by atoms with E-state index in [1.165, 1.54) is 24.1 Å². The highest BCUT2D eigenvalue weighted by Gasteiger charge is 2.26. The third kappa shape index (κ3) is 8.00. The summed E-state index contributed by atoms with van der Waals surface area (Å²) in [5.74, 6) is 2.11. The standard InChI is InChI=1S/C20H28N2O4S3/c1-15(2)13-19(20(23)21-10-12-27-14-17-5-4-11-28-17)22-29(24,25)18-8-6-16(26-3)7-9-18/h4-9,11,15,19,22H,10,12-14H2,1-3H3,(H,21,23). The number of hydrogen-bond acceptors (Lipinski definition) is 6. The maximum absolute atomic E-state index is 12.7. The lowest BCUT2D eigenvalue weighted by molar-refractivity contribution is -0.122. The maximum atomic E-state index is 12.7. The van der Waals surface area contributed by atoms with Crippen molar-refractivity contribution in [2.45, 2.75) is 37.0 Å². The molecule has 1 atom stereocenters. The Kier molecular flexibility index (Phi) is 9.48. The molecule has 0 aliphatic rings. The smallest absolute Gasteiger partial charge is 0.241 e. The number of amides is 1. The molecule has 1 aromatic heterocycles. The van der Waals surface area contributed by atoms with Crippen molar-refractivity contribution in [2.24, 2.45) is 5.92 Å². The number of carbonyl (C=O) groups excluding carboxylic acids is 1. The Hall–Kier alpha value is -1.55. The molecule has 0 aliphatic carbocycles. The van der Waals surface area contributed by atoms with Crippen LogP contribution in [-0.4, -0.2) is 39.8 Å². The van der Waals surface area contributed by atoms with Crippen molar-refractivity contribution in [3.05, 3.63) is 46.7 Å². The van der Waals surface area contributed by atoms with Crippen molar-refractivity contribution in [3.8, 4) is 5.75 Å². The molecule has 29 heavy (non-hydrogen) atoms. The molecule has 6 nitrogen and oxygen atoms in total. The summed E-state index contributed by atoms with van der Waals surface area (Å²) in [4.78, 5) is 14.0. The first-order valence-corrected chi connectivity index (χ1v) is 12.9. The van der Waals surface area contributed by atoms with E-state index in [1.54, 1.807) is 35.2 Å². The highest BCUT2D eigenvalue weighted by Crippen LogP contribution is 2.18. The van der Waals surface area contributed by atoms with Gasteiger partial charge in [-0.25, -0.2) is 8.42 Å². The Bertz CT molecular complexity index is 850. The number of nitrogens with one attached hydrogen (secondary N) is 2. The van der Waals surface area contributed by atoms with Crippen LogP contribution in [0.1, 0.15) is 25.1 Å². The predicted molar refractivity (Wildman–Crippen MR) is 120 cm³/mol. The fraction of sp³-hybridized carbons (Fsp3) is 0.450. The van der Waals surface area contributed by atoms with Crippen molar-refractivity contribution in [3.63, 3.8) is 0 Å². The summed E-state index contributed by atoms with van der Waals surface area (Å²) in [6.45, 7) is 4.41. The summed E-state index contributed by atoms with van der Waals surface area (Å²) < 4.78 is 33.0. The minimum atomic E-state index is -3.81. The van der Waals surface area contributed by atoms with E-state index in [9.17, 15) is 13.2 Å². The third-order valence-corrected chi connectivity index (χ3v) is 7.62. The van der Waals surface area contributed by atoms with Gasteiger partial charge in [-0.15, -0.1) is 11.3 Å². The molecule has 1 heterocycles. The molecule has 2 rings (SSSR count). The SMILES string of the molecule is COc1ccc(S(=O)(=O)NC(CC(C)C)C(=O)NCCSCc2cccs2)cc1. The number of rotatable bonds is 12. The van der Waals surface area contributed by atoms with Crippen LogP contribution in [0.25, 0.3) is 0 Å². The Morgan fingerprint density at radius 2 is 1.93 bits per heavy atom. The van der Waals surface area contributed by atoms with Crippen molar-refractivity contribution < 1.29 is 17.9 Å². The fourth-order valence-electron chi connectivity index (χ4n) is 2.63. The molecule has 1 aromatic carbocycles. The van der Waals surface area contributed by atoms with E-state index in [0.717, 1.165) is 11.5 Å². The van der Waals surface area contributed by atoms with Gasteiger partial charge in [0.05, 0.1) is 12.0 Å². The maximum Gasteiger partial charge on any atom is 0.241 e. The van der Waals surface area contributed by atoms with Gasteiger partial charge in [0.1, 0.15) is 11.8 Å². The van der Waals surface area contributed by atoms with Gasteiger partial charge in [0.2, 0.25) is 15.9 Å². The number of carbonyl (C=O) groups is 1. The Morgan fingerprint density at radius 3 is 2.52 bits per heavy atom. The van der Waals surface area contributed by atoms with Crippen molar-refractivity contribution in [2.75, 3.05) is 19.4 Å². The van der Waals surface area contributed by atoms with Crippen LogP contribution < -0.4 is 14.8 Å². The summed E-state index contributed by atoms with van der Waals surface area (Å²) in [6, 6.07) is 9.38. The summed E-state index contributed by atoms with van der Waals surface area (Å²) in [7, 11) is -2.29. The van der Waals surface area contributed by atoms with Gasteiger partial charge in [0.25, 0.3) is 0 Å². The molecule has 0 saturated carbocycles. The Morgan fingerprint density at radius 1 is 1.21 bits per heavy atom. The summed E-state index contributed by atoms with van der Waals surface area (Å²) in [6.07, 6.45) is 0.420. The van der Waals surface area contributed by atoms with Crippen LogP contribution in [0.5, 0.6) is 5.75 Å². The van der Waals surface area contributed by atoms with Gasteiger partial charge in [-0.3, -0.25) is 4.79 Å². The number of hydrogen-bond donors (Lipinski definition) is 2. The molecule has 0 bridgehead atoms. The lowest BCUT2D eigenvalue weighted by Gasteiger charge is -2.20. The molecule has 1 unspecified atom stereocenters. The second-order valence-electron chi connectivity index (χ2n) is 6.90. The summed E-state index contributed by atoms with van der Waals surface area (Å²) in [5, 5.41) is 4.90. The van der Waals surface area contributed by atoms with Crippen molar-refractivity contribution in [1.82, 2.24) is 10.0 Å². The fourth-order valence-corrected chi connectivity index (χ4v) is 5.54. The molecule has 0 saturated heterocycles. The second-order valence-corrected chi connectivity index (χ2v) is 10.8. The van der Waals surface area contributed by atoms with Crippen LogP contribution in [0, 0.1) is 5.92 Å². The van der Waals surface area contributed by atoms with E-state index in [2.05, 4.69) is 16.1 Å². The van der Waals surface area contributed by atoms with Crippen LogP contribution in [0.4, 0.5) is 0 Å². The highest BCUT2D eigenvalue weighted by molar-refractivity contribution is 7.98. The first-order chi connectivity index (χ1) is 13.8. The number of methoxy groups -OCH3 is 1. The topological polar surface area (TPSA) is 84.5 Å². The minimum absolute atomic E-state index is 0.103. The minimum Gasteiger partial charge on any atom is -0.497 e. The van der Waals surface area contributed by atoms with Gasteiger partial charge in [-0.1, -0.05) is 19.9 Å². The van der Waals surface area contributed by atoms with E-state index in [4.69, 9.17) is 4.74 Å². The molecule has 2 N–H and O–H groups in total. The van der Waals surface area contributed by atoms with Crippen LogP contribution in [0.3, 0.4) is 0 Å². The zero-order valence-electron chi connectivity index (χ0n) is 16.9. The van der Waals surface area contributed by atoms with E-state index >= 15 is 0 Å². The normalized spacial score (nSPS) is 12.7. The van der Waals surface area contributed by atoms with Crippen molar-refractivity contribution in [1.29, 1.82) is 0 Å². The van der Waals surface area contributed by atoms with E-state index < -0.39 is 16.1 Å². The van der Waals surface area contributed by atoms with Gasteiger partial charge in [0.15, 0.2) is 0 Å². The molecule has 0 fully saturated rings. The molecule has 9 heteroatoms. The van der Waals surface area contributed by atoms with E-state index in [0.29, 0.717) is 18.7 Å². The highest BCUT2D eigenvalue weighted by atomic mass is 32.2. The average Bonchev–Trinajstić information content (AvgIpc) is 3.20. The number of ether oxygens (including phenoxy) is 1. The molecule has 0 radical (unpaired) electrons. The zero-order valence-corrected chi connectivity index (χ0v) is 19.3. The predicted octanol–water partition coefficient (Wildman–Crippen LogP) is 3.50.